The lowest BCUT2D eigenvalue weighted by Crippen LogP contribution is -2.33. The van der Waals surface area contributed by atoms with E-state index in [0.717, 1.165) is 4.88 Å². The highest BCUT2D eigenvalue weighted by Crippen LogP contribution is 2.20. The van der Waals surface area contributed by atoms with Crippen LogP contribution >= 0.6 is 11.3 Å². The maximum absolute atomic E-state index is 11.6. The first kappa shape index (κ1) is 13.1. The molecule has 2 unspecified atom stereocenters. The van der Waals surface area contributed by atoms with Crippen LogP contribution in [-0.2, 0) is 10.0 Å². The molecular weight excluding hydrogens is 246 g/mol. The lowest BCUT2D eigenvalue weighted by atomic mass is 10.4. The molecule has 0 aromatic carbocycles. The van der Waals surface area contributed by atoms with Crippen molar-refractivity contribution in [2.45, 2.75) is 32.1 Å². The van der Waals surface area contributed by atoms with Crippen molar-refractivity contribution >= 4 is 21.4 Å². The molecule has 7 heteroatoms. The highest BCUT2D eigenvalue weighted by Gasteiger charge is 2.23. The predicted octanol–water partition coefficient (Wildman–Crippen LogP) is 1.34. The molecule has 2 atom stereocenters. The molecule has 1 N–H and O–H groups in total. The topological polar surface area (TPSA) is 82.8 Å². The van der Waals surface area contributed by atoms with E-state index >= 15 is 0 Å². The van der Waals surface area contributed by atoms with Crippen LogP contribution < -0.4 is 4.72 Å². The summed E-state index contributed by atoms with van der Waals surface area (Å²) in [6.07, 6.45) is 1.69. The minimum atomic E-state index is -3.59. The molecule has 16 heavy (non-hydrogen) atoms. The summed E-state index contributed by atoms with van der Waals surface area (Å²) in [4.78, 5) is 5.12. The summed E-state index contributed by atoms with van der Waals surface area (Å²) in [5, 5.41) is 8.22. The van der Waals surface area contributed by atoms with Gasteiger partial charge in [-0.2, -0.15) is 5.26 Å². The van der Waals surface area contributed by atoms with Gasteiger partial charge in [-0.25, -0.2) is 18.1 Å². The first-order valence-electron chi connectivity index (χ1n) is 4.70. The minimum Gasteiger partial charge on any atom is -0.248 e. The fraction of sp³-hybridized carbons (Fsp3) is 0.556. The number of hydrogen-bond acceptors (Lipinski definition) is 5. The van der Waals surface area contributed by atoms with E-state index in [1.54, 1.807) is 19.2 Å². The van der Waals surface area contributed by atoms with Gasteiger partial charge in [0, 0.05) is 11.1 Å². The standard InChI is InChI=1S/C9H13N3O2S2/c1-6-5-11-9(15-6)8(3)12-16(13,14)7(2)4-10/h5,7-8,12H,1-3H3. The normalized spacial score (nSPS) is 15.4. The van der Waals surface area contributed by atoms with Gasteiger partial charge in [0.05, 0.1) is 12.1 Å². The van der Waals surface area contributed by atoms with Gasteiger partial charge in [0.1, 0.15) is 5.01 Å². The average Bonchev–Trinajstić information content (AvgIpc) is 2.63. The van der Waals surface area contributed by atoms with Crippen molar-refractivity contribution in [3.05, 3.63) is 16.1 Å². The summed E-state index contributed by atoms with van der Waals surface area (Å²) in [5.41, 5.74) is 0. The molecule has 88 valence electrons. The van der Waals surface area contributed by atoms with E-state index in [-0.39, 0.29) is 0 Å². The second kappa shape index (κ2) is 4.91. The summed E-state index contributed by atoms with van der Waals surface area (Å²) in [6, 6.07) is 1.30. The Bertz CT molecular complexity index is 501. The molecule has 1 aromatic heterocycles. The highest BCUT2D eigenvalue weighted by molar-refractivity contribution is 7.90. The number of thiazole rings is 1. The van der Waals surface area contributed by atoms with E-state index in [9.17, 15) is 8.42 Å². The fourth-order valence-electron chi connectivity index (χ4n) is 1.04. The fourth-order valence-corrected chi connectivity index (χ4v) is 2.84. The van der Waals surface area contributed by atoms with Gasteiger partial charge in [0.25, 0.3) is 0 Å². The Balaban J connectivity index is 2.80. The van der Waals surface area contributed by atoms with Crippen molar-refractivity contribution in [2.75, 3.05) is 0 Å². The molecule has 1 rings (SSSR count). The van der Waals surface area contributed by atoms with Crippen LogP contribution in [0.5, 0.6) is 0 Å². The van der Waals surface area contributed by atoms with Crippen molar-refractivity contribution < 1.29 is 8.42 Å². The van der Waals surface area contributed by atoms with Crippen molar-refractivity contribution in [1.82, 2.24) is 9.71 Å². The van der Waals surface area contributed by atoms with Crippen LogP contribution in [0, 0.1) is 18.3 Å². The van der Waals surface area contributed by atoms with E-state index in [4.69, 9.17) is 5.26 Å². The third kappa shape index (κ3) is 3.01. The number of nitrogens with one attached hydrogen (secondary N) is 1. The molecule has 0 spiro atoms. The van der Waals surface area contributed by atoms with Crippen molar-refractivity contribution in [2.24, 2.45) is 0 Å². The SMILES string of the molecule is Cc1cnc(C(C)NS(=O)(=O)C(C)C#N)s1. The Labute approximate surface area is 99.2 Å². The monoisotopic (exact) mass is 259 g/mol. The van der Waals surface area contributed by atoms with E-state index in [0.29, 0.717) is 5.01 Å². The summed E-state index contributed by atoms with van der Waals surface area (Å²) in [7, 11) is -3.59. The Morgan fingerprint density at radius 3 is 2.62 bits per heavy atom. The zero-order chi connectivity index (χ0) is 12.3. The van der Waals surface area contributed by atoms with Crippen molar-refractivity contribution in [3.63, 3.8) is 0 Å². The quantitative estimate of drug-likeness (QED) is 0.884. The molecule has 0 aliphatic rings. The van der Waals surface area contributed by atoms with E-state index in [1.165, 1.54) is 18.3 Å². The van der Waals surface area contributed by atoms with Gasteiger partial charge in [0.2, 0.25) is 10.0 Å². The van der Waals surface area contributed by atoms with Gasteiger partial charge in [-0.3, -0.25) is 0 Å². The van der Waals surface area contributed by atoms with Gasteiger partial charge in [0.15, 0.2) is 5.25 Å². The van der Waals surface area contributed by atoms with Gasteiger partial charge in [-0.05, 0) is 20.8 Å². The number of rotatable bonds is 4. The Hall–Kier alpha value is -0.970. The first-order chi connectivity index (χ1) is 7.36. The average molecular weight is 259 g/mol. The molecule has 0 aliphatic carbocycles. The molecule has 0 fully saturated rings. The third-order valence-corrected chi connectivity index (χ3v) is 4.81. The van der Waals surface area contributed by atoms with E-state index in [1.807, 2.05) is 6.92 Å². The van der Waals surface area contributed by atoms with Gasteiger partial charge >= 0.3 is 0 Å². The Morgan fingerprint density at radius 2 is 2.19 bits per heavy atom. The van der Waals surface area contributed by atoms with Crippen LogP contribution in [0.25, 0.3) is 0 Å². The van der Waals surface area contributed by atoms with E-state index < -0.39 is 21.3 Å². The van der Waals surface area contributed by atoms with Crippen LogP contribution in [0.2, 0.25) is 0 Å². The Morgan fingerprint density at radius 1 is 1.56 bits per heavy atom. The molecule has 5 nitrogen and oxygen atoms in total. The molecule has 0 bridgehead atoms. The van der Waals surface area contributed by atoms with E-state index in [2.05, 4.69) is 9.71 Å². The summed E-state index contributed by atoms with van der Waals surface area (Å²) < 4.78 is 25.6. The maximum atomic E-state index is 11.6. The smallest absolute Gasteiger partial charge is 0.228 e. The van der Waals surface area contributed by atoms with Crippen LogP contribution in [-0.4, -0.2) is 18.7 Å². The van der Waals surface area contributed by atoms with Gasteiger partial charge in [-0.15, -0.1) is 11.3 Å². The predicted molar refractivity (Wildman–Crippen MR) is 62.4 cm³/mol. The van der Waals surface area contributed by atoms with Crippen LogP contribution in [0.4, 0.5) is 0 Å². The van der Waals surface area contributed by atoms with Crippen LogP contribution in [0.1, 0.15) is 29.8 Å². The van der Waals surface area contributed by atoms with Crippen molar-refractivity contribution in [3.8, 4) is 6.07 Å². The molecule has 0 radical (unpaired) electrons. The molecule has 1 heterocycles. The van der Waals surface area contributed by atoms with Gasteiger partial charge in [-0.1, -0.05) is 0 Å². The molecule has 0 saturated heterocycles. The Kier molecular flexibility index (Phi) is 4.02. The molecule has 0 saturated carbocycles. The lowest BCUT2D eigenvalue weighted by Gasteiger charge is -2.12. The summed E-state index contributed by atoms with van der Waals surface area (Å²) in [6.45, 7) is 4.96. The largest absolute Gasteiger partial charge is 0.248 e. The summed E-state index contributed by atoms with van der Waals surface area (Å²) >= 11 is 1.43. The zero-order valence-electron chi connectivity index (χ0n) is 9.26. The number of aryl methyl sites for hydroxylation is 1. The molecule has 1 aromatic rings. The summed E-state index contributed by atoms with van der Waals surface area (Å²) in [5.74, 6) is 0. The number of aromatic nitrogens is 1. The van der Waals surface area contributed by atoms with Crippen LogP contribution in [0.3, 0.4) is 0 Å². The molecular formula is C9H13N3O2S2. The number of nitriles is 1. The van der Waals surface area contributed by atoms with Crippen molar-refractivity contribution in [1.29, 1.82) is 5.26 Å². The first-order valence-corrected chi connectivity index (χ1v) is 7.06. The number of hydrogen-bond donors (Lipinski definition) is 1. The number of nitrogens with zero attached hydrogens (tertiary/aromatic N) is 2. The maximum Gasteiger partial charge on any atom is 0.228 e. The van der Waals surface area contributed by atoms with Crippen LogP contribution in [0.15, 0.2) is 6.20 Å². The third-order valence-electron chi connectivity index (χ3n) is 2.00. The number of sulfonamides is 1. The lowest BCUT2D eigenvalue weighted by molar-refractivity contribution is 0.562. The second-order valence-corrected chi connectivity index (χ2v) is 6.76. The molecule has 0 amide bonds. The highest BCUT2D eigenvalue weighted by atomic mass is 32.2. The minimum absolute atomic E-state index is 0.403. The zero-order valence-corrected chi connectivity index (χ0v) is 10.9. The van der Waals surface area contributed by atoms with Gasteiger partial charge < -0.3 is 0 Å². The molecule has 0 aliphatic heterocycles. The second-order valence-electron chi connectivity index (χ2n) is 3.47.